The first kappa shape index (κ1) is 16.5. The largest absolute Gasteiger partial charge is 0.489 e. The lowest BCUT2D eigenvalue weighted by molar-refractivity contribution is 0.0782. The van der Waals surface area contributed by atoms with Gasteiger partial charge in [0.2, 0.25) is 0 Å². The zero-order valence-corrected chi connectivity index (χ0v) is 14.0. The molecule has 1 aromatic heterocycles. The van der Waals surface area contributed by atoms with E-state index in [1.807, 2.05) is 13.8 Å². The summed E-state index contributed by atoms with van der Waals surface area (Å²) in [5.74, 6) is 1.66. The van der Waals surface area contributed by atoms with Gasteiger partial charge >= 0.3 is 0 Å². The highest BCUT2D eigenvalue weighted by molar-refractivity contribution is 5.94. The Labute approximate surface area is 141 Å². The summed E-state index contributed by atoms with van der Waals surface area (Å²) in [6.45, 7) is 5.59. The molecule has 6 nitrogen and oxygen atoms in total. The van der Waals surface area contributed by atoms with Gasteiger partial charge in [-0.25, -0.2) is 0 Å². The fraction of sp³-hybridized carbons (Fsp3) is 0.444. The lowest BCUT2D eigenvalue weighted by Gasteiger charge is -2.16. The highest BCUT2D eigenvalue weighted by Crippen LogP contribution is 2.21. The van der Waals surface area contributed by atoms with E-state index in [2.05, 4.69) is 5.16 Å². The van der Waals surface area contributed by atoms with Crippen LogP contribution in [0.5, 0.6) is 5.75 Å². The van der Waals surface area contributed by atoms with Crippen LogP contribution in [-0.2, 0) is 6.61 Å². The number of hydrogen-bond donors (Lipinski definition) is 1. The standard InChI is InChI=1S/C18H22N2O4/c1-12-17(13(2)24-19-12)11-23-16-5-3-15(4-6-16)18(22)20-8-7-14(9-20)10-21/h3-6,14,21H,7-11H2,1-2H3. The molecule has 1 atom stereocenters. The normalized spacial score (nSPS) is 17.3. The van der Waals surface area contributed by atoms with Crippen molar-refractivity contribution in [2.45, 2.75) is 26.9 Å². The van der Waals surface area contributed by atoms with E-state index in [1.54, 1.807) is 29.2 Å². The number of aliphatic hydroxyl groups excluding tert-OH is 1. The molecular formula is C18H22N2O4. The minimum absolute atomic E-state index is 0.00298. The van der Waals surface area contributed by atoms with Crippen molar-refractivity contribution in [3.8, 4) is 5.75 Å². The predicted molar refractivity (Wildman–Crippen MR) is 87.8 cm³/mol. The van der Waals surface area contributed by atoms with Gasteiger partial charge in [-0.1, -0.05) is 5.16 Å². The molecule has 1 aliphatic heterocycles. The van der Waals surface area contributed by atoms with Crippen LogP contribution in [0.3, 0.4) is 0 Å². The van der Waals surface area contributed by atoms with Crippen LogP contribution in [0.2, 0.25) is 0 Å². The van der Waals surface area contributed by atoms with Crippen LogP contribution in [0.4, 0.5) is 0 Å². The summed E-state index contributed by atoms with van der Waals surface area (Å²) in [6.07, 6.45) is 0.862. The van der Waals surface area contributed by atoms with Crippen molar-refractivity contribution >= 4 is 5.91 Å². The second kappa shape index (κ2) is 7.05. The van der Waals surface area contributed by atoms with Crippen LogP contribution in [0.1, 0.15) is 33.8 Å². The van der Waals surface area contributed by atoms with Crippen molar-refractivity contribution in [2.75, 3.05) is 19.7 Å². The zero-order chi connectivity index (χ0) is 17.1. The maximum atomic E-state index is 12.4. The van der Waals surface area contributed by atoms with Crippen LogP contribution in [0.25, 0.3) is 0 Å². The van der Waals surface area contributed by atoms with Crippen LogP contribution < -0.4 is 4.74 Å². The number of ether oxygens (including phenoxy) is 1. The molecule has 1 aliphatic rings. The molecule has 0 aliphatic carbocycles. The molecule has 128 valence electrons. The van der Waals surface area contributed by atoms with Crippen LogP contribution in [0, 0.1) is 19.8 Å². The average Bonchev–Trinajstić information content (AvgIpc) is 3.20. The van der Waals surface area contributed by atoms with Gasteiger partial charge in [-0.2, -0.15) is 0 Å². The third kappa shape index (κ3) is 3.43. The Hall–Kier alpha value is -2.34. The summed E-state index contributed by atoms with van der Waals surface area (Å²) in [4.78, 5) is 14.2. The number of carbonyl (C=O) groups excluding carboxylic acids is 1. The Morgan fingerprint density at radius 2 is 2.12 bits per heavy atom. The lowest BCUT2D eigenvalue weighted by atomic mass is 10.1. The summed E-state index contributed by atoms with van der Waals surface area (Å²) in [5, 5.41) is 13.1. The summed E-state index contributed by atoms with van der Waals surface area (Å²) in [6, 6.07) is 7.14. The van der Waals surface area contributed by atoms with E-state index < -0.39 is 0 Å². The molecule has 1 N–H and O–H groups in total. The number of aryl methyl sites for hydroxylation is 2. The SMILES string of the molecule is Cc1noc(C)c1COc1ccc(C(=O)N2CCC(CO)C2)cc1. The molecule has 0 saturated carbocycles. The Kier molecular flexibility index (Phi) is 4.85. The van der Waals surface area contributed by atoms with E-state index in [4.69, 9.17) is 9.26 Å². The summed E-state index contributed by atoms with van der Waals surface area (Å²) in [5.41, 5.74) is 2.41. The monoisotopic (exact) mass is 330 g/mol. The molecule has 24 heavy (non-hydrogen) atoms. The van der Waals surface area contributed by atoms with Crippen molar-refractivity contribution in [2.24, 2.45) is 5.92 Å². The van der Waals surface area contributed by atoms with E-state index in [0.29, 0.717) is 31.0 Å². The molecule has 2 aromatic rings. The van der Waals surface area contributed by atoms with Crippen molar-refractivity contribution in [1.82, 2.24) is 10.1 Å². The van der Waals surface area contributed by atoms with E-state index in [0.717, 1.165) is 23.4 Å². The highest BCUT2D eigenvalue weighted by atomic mass is 16.5. The molecular weight excluding hydrogens is 308 g/mol. The molecule has 0 spiro atoms. The third-order valence-electron chi connectivity index (χ3n) is 4.50. The number of nitrogens with zero attached hydrogens (tertiary/aromatic N) is 2. The van der Waals surface area contributed by atoms with E-state index in [1.165, 1.54) is 0 Å². The van der Waals surface area contributed by atoms with Gasteiger partial charge in [0.05, 0.1) is 11.3 Å². The van der Waals surface area contributed by atoms with Crippen LogP contribution >= 0.6 is 0 Å². The molecule has 1 fully saturated rings. The molecule has 2 heterocycles. The van der Waals surface area contributed by atoms with E-state index >= 15 is 0 Å². The molecule has 0 radical (unpaired) electrons. The van der Waals surface area contributed by atoms with Crippen molar-refractivity contribution < 1.29 is 19.2 Å². The maximum Gasteiger partial charge on any atom is 0.253 e. The van der Waals surface area contributed by atoms with Gasteiger partial charge < -0.3 is 19.3 Å². The van der Waals surface area contributed by atoms with Crippen LogP contribution in [-0.4, -0.2) is 40.8 Å². The Bertz CT molecular complexity index is 689. The number of benzene rings is 1. The van der Waals surface area contributed by atoms with Gasteiger partial charge in [0.15, 0.2) is 0 Å². The number of aliphatic hydroxyl groups is 1. The lowest BCUT2D eigenvalue weighted by Crippen LogP contribution is -2.29. The van der Waals surface area contributed by atoms with Crippen molar-refractivity contribution in [3.05, 3.63) is 46.8 Å². The molecule has 1 unspecified atom stereocenters. The zero-order valence-electron chi connectivity index (χ0n) is 14.0. The minimum atomic E-state index is 0.00298. The number of hydrogen-bond acceptors (Lipinski definition) is 5. The Morgan fingerprint density at radius 1 is 1.38 bits per heavy atom. The third-order valence-corrected chi connectivity index (χ3v) is 4.50. The van der Waals surface area contributed by atoms with Gasteiger partial charge in [-0.05, 0) is 44.5 Å². The molecule has 0 bridgehead atoms. The fourth-order valence-electron chi connectivity index (χ4n) is 2.91. The number of aromatic nitrogens is 1. The highest BCUT2D eigenvalue weighted by Gasteiger charge is 2.26. The van der Waals surface area contributed by atoms with Gasteiger partial charge in [0.25, 0.3) is 5.91 Å². The van der Waals surface area contributed by atoms with Gasteiger partial charge in [-0.15, -0.1) is 0 Å². The second-order valence-corrected chi connectivity index (χ2v) is 6.20. The van der Waals surface area contributed by atoms with E-state index in [9.17, 15) is 9.90 Å². The van der Waals surface area contributed by atoms with E-state index in [-0.39, 0.29) is 18.4 Å². The summed E-state index contributed by atoms with van der Waals surface area (Å²) >= 11 is 0. The predicted octanol–water partition coefficient (Wildman–Crippen LogP) is 2.32. The molecule has 1 aromatic carbocycles. The number of rotatable bonds is 5. The maximum absolute atomic E-state index is 12.4. The number of amides is 1. The fourth-order valence-corrected chi connectivity index (χ4v) is 2.91. The van der Waals surface area contributed by atoms with Gasteiger partial charge in [0, 0.05) is 31.2 Å². The topological polar surface area (TPSA) is 75.8 Å². The summed E-state index contributed by atoms with van der Waals surface area (Å²) in [7, 11) is 0. The first-order valence-corrected chi connectivity index (χ1v) is 8.13. The van der Waals surface area contributed by atoms with Crippen molar-refractivity contribution in [3.63, 3.8) is 0 Å². The first-order valence-electron chi connectivity index (χ1n) is 8.13. The Morgan fingerprint density at radius 3 is 2.71 bits per heavy atom. The average molecular weight is 330 g/mol. The van der Waals surface area contributed by atoms with Gasteiger partial charge in [-0.3, -0.25) is 4.79 Å². The molecule has 1 saturated heterocycles. The quantitative estimate of drug-likeness (QED) is 0.910. The smallest absolute Gasteiger partial charge is 0.253 e. The summed E-state index contributed by atoms with van der Waals surface area (Å²) < 4.78 is 10.9. The number of likely N-dealkylation sites (tertiary alicyclic amines) is 1. The Balaban J connectivity index is 1.60. The van der Waals surface area contributed by atoms with Crippen LogP contribution in [0.15, 0.2) is 28.8 Å². The molecule has 1 amide bonds. The first-order chi connectivity index (χ1) is 11.6. The van der Waals surface area contributed by atoms with Gasteiger partial charge in [0.1, 0.15) is 18.1 Å². The second-order valence-electron chi connectivity index (χ2n) is 6.20. The molecule has 6 heteroatoms. The van der Waals surface area contributed by atoms with Crippen molar-refractivity contribution in [1.29, 1.82) is 0 Å². The minimum Gasteiger partial charge on any atom is -0.489 e. The number of carbonyl (C=O) groups is 1. The molecule has 3 rings (SSSR count).